The molecule has 0 aliphatic rings. The molecule has 0 atom stereocenters. The fourth-order valence-corrected chi connectivity index (χ4v) is 1.98. The molecule has 2 aromatic carbocycles. The van der Waals surface area contributed by atoms with Crippen molar-refractivity contribution in [3.63, 3.8) is 0 Å². The molecule has 0 aliphatic heterocycles. The number of aromatic hydroxyl groups is 1. The van der Waals surface area contributed by atoms with E-state index in [4.69, 9.17) is 12.2 Å². The van der Waals surface area contributed by atoms with Crippen molar-refractivity contribution < 1.29 is 9.90 Å². The van der Waals surface area contributed by atoms with Gasteiger partial charge in [0.25, 0.3) is 5.91 Å². The summed E-state index contributed by atoms with van der Waals surface area (Å²) in [5, 5.41) is 12.6. The molecule has 0 heterocycles. The summed E-state index contributed by atoms with van der Waals surface area (Å²) in [6, 6.07) is 11.9. The molecule has 2 aromatic rings. The minimum atomic E-state index is -0.389. The van der Waals surface area contributed by atoms with E-state index >= 15 is 0 Å². The lowest BCUT2D eigenvalue weighted by molar-refractivity contribution is 0.0944. The summed E-state index contributed by atoms with van der Waals surface area (Å²) in [7, 11) is 0. The lowest BCUT2D eigenvalue weighted by Gasteiger charge is -2.12. The number of hydrazine groups is 1. The molecule has 1 amide bonds. The molecule has 0 aliphatic carbocycles. The maximum Gasteiger partial charge on any atom is 0.269 e. The Kier molecular flexibility index (Phi) is 4.95. The Morgan fingerprint density at radius 1 is 1.05 bits per heavy atom. The zero-order chi connectivity index (χ0) is 16.1. The largest absolute Gasteiger partial charge is 0.508 e. The smallest absolute Gasteiger partial charge is 0.269 e. The summed E-state index contributed by atoms with van der Waals surface area (Å²) in [4.78, 5) is 11.9. The minimum Gasteiger partial charge on any atom is -0.508 e. The standard InChI is InChI=1S/C16H17N3O2S/c1-10-6-7-13(8-11(10)2)17-16(22)19-18-15(21)12-4-3-5-14(20)9-12/h3-9,20H,1-2H3,(H,18,21)(H2,17,19,22). The molecule has 114 valence electrons. The van der Waals surface area contributed by atoms with Gasteiger partial charge in [0.1, 0.15) is 5.75 Å². The van der Waals surface area contributed by atoms with Gasteiger partial charge in [-0.05, 0) is 67.5 Å². The van der Waals surface area contributed by atoms with Crippen molar-refractivity contribution in [3.05, 3.63) is 59.2 Å². The second-order valence-electron chi connectivity index (χ2n) is 4.88. The highest BCUT2D eigenvalue weighted by molar-refractivity contribution is 7.80. The molecular formula is C16H17N3O2S. The number of phenolic OH excluding ortho intramolecular Hbond substituents is 1. The number of carbonyl (C=O) groups is 1. The molecule has 0 bridgehead atoms. The normalized spacial score (nSPS) is 9.91. The number of benzene rings is 2. The maximum atomic E-state index is 11.9. The van der Waals surface area contributed by atoms with Crippen molar-refractivity contribution in [1.29, 1.82) is 0 Å². The van der Waals surface area contributed by atoms with E-state index < -0.39 is 0 Å². The van der Waals surface area contributed by atoms with Crippen LogP contribution >= 0.6 is 12.2 Å². The molecule has 22 heavy (non-hydrogen) atoms. The average Bonchev–Trinajstić information content (AvgIpc) is 2.48. The molecule has 5 nitrogen and oxygen atoms in total. The van der Waals surface area contributed by atoms with Gasteiger partial charge in [0.15, 0.2) is 5.11 Å². The van der Waals surface area contributed by atoms with Crippen LogP contribution in [0.25, 0.3) is 0 Å². The van der Waals surface area contributed by atoms with E-state index in [1.807, 2.05) is 32.0 Å². The van der Waals surface area contributed by atoms with Crippen LogP contribution in [0.4, 0.5) is 5.69 Å². The molecule has 2 rings (SSSR count). The monoisotopic (exact) mass is 315 g/mol. The van der Waals surface area contributed by atoms with E-state index in [0.29, 0.717) is 5.56 Å². The van der Waals surface area contributed by atoms with E-state index in [2.05, 4.69) is 16.2 Å². The first-order valence-electron chi connectivity index (χ1n) is 6.69. The predicted octanol–water partition coefficient (Wildman–Crippen LogP) is 2.64. The lowest BCUT2D eigenvalue weighted by atomic mass is 10.1. The molecule has 0 spiro atoms. The van der Waals surface area contributed by atoms with Crippen LogP contribution < -0.4 is 16.2 Å². The molecule has 4 N–H and O–H groups in total. The first-order chi connectivity index (χ1) is 10.5. The van der Waals surface area contributed by atoms with E-state index in [0.717, 1.165) is 11.3 Å². The van der Waals surface area contributed by atoms with Crippen molar-refractivity contribution in [2.24, 2.45) is 0 Å². The average molecular weight is 315 g/mol. The summed E-state index contributed by atoms with van der Waals surface area (Å²) in [5.41, 5.74) is 8.61. The number of phenols is 1. The number of rotatable bonds is 2. The molecular weight excluding hydrogens is 298 g/mol. The van der Waals surface area contributed by atoms with Gasteiger partial charge >= 0.3 is 0 Å². The van der Waals surface area contributed by atoms with Gasteiger partial charge in [0.2, 0.25) is 0 Å². The number of anilines is 1. The number of aryl methyl sites for hydroxylation is 2. The van der Waals surface area contributed by atoms with Gasteiger partial charge in [0.05, 0.1) is 0 Å². The molecule has 0 fully saturated rings. The number of nitrogens with one attached hydrogen (secondary N) is 3. The fourth-order valence-electron chi connectivity index (χ4n) is 1.81. The van der Waals surface area contributed by atoms with Crippen molar-refractivity contribution in [3.8, 4) is 5.75 Å². The van der Waals surface area contributed by atoms with Gasteiger partial charge in [-0.1, -0.05) is 12.1 Å². The van der Waals surface area contributed by atoms with Crippen LogP contribution in [0.3, 0.4) is 0 Å². The molecule has 0 radical (unpaired) electrons. The molecule has 6 heteroatoms. The van der Waals surface area contributed by atoms with E-state index in [1.54, 1.807) is 12.1 Å². The molecule has 0 saturated carbocycles. The van der Waals surface area contributed by atoms with Crippen LogP contribution in [0.5, 0.6) is 5.75 Å². The van der Waals surface area contributed by atoms with Crippen molar-refractivity contribution in [2.45, 2.75) is 13.8 Å². The van der Waals surface area contributed by atoms with Crippen LogP contribution in [0.15, 0.2) is 42.5 Å². The highest BCUT2D eigenvalue weighted by atomic mass is 32.1. The van der Waals surface area contributed by atoms with Crippen molar-refractivity contribution in [1.82, 2.24) is 10.9 Å². The van der Waals surface area contributed by atoms with E-state index in [9.17, 15) is 9.90 Å². The Balaban J connectivity index is 1.90. The van der Waals surface area contributed by atoms with Gasteiger partial charge in [-0.2, -0.15) is 0 Å². The maximum absolute atomic E-state index is 11.9. The van der Waals surface area contributed by atoms with E-state index in [-0.39, 0.29) is 16.8 Å². The second-order valence-corrected chi connectivity index (χ2v) is 5.29. The number of amides is 1. The topological polar surface area (TPSA) is 73.4 Å². The highest BCUT2D eigenvalue weighted by Gasteiger charge is 2.06. The number of hydrogen-bond donors (Lipinski definition) is 4. The minimum absolute atomic E-state index is 0.0310. The van der Waals surface area contributed by atoms with Gasteiger partial charge < -0.3 is 10.4 Å². The number of carbonyl (C=O) groups excluding carboxylic acids is 1. The van der Waals surface area contributed by atoms with Crippen LogP contribution in [0.2, 0.25) is 0 Å². The number of thiocarbonyl (C=S) groups is 1. The Bertz CT molecular complexity index is 716. The first kappa shape index (κ1) is 15.8. The summed E-state index contributed by atoms with van der Waals surface area (Å²) < 4.78 is 0. The molecule has 0 unspecified atom stereocenters. The lowest BCUT2D eigenvalue weighted by Crippen LogP contribution is -2.43. The Morgan fingerprint density at radius 3 is 2.50 bits per heavy atom. The van der Waals surface area contributed by atoms with Crippen molar-refractivity contribution >= 4 is 28.9 Å². The van der Waals surface area contributed by atoms with Crippen LogP contribution in [-0.4, -0.2) is 16.1 Å². The Hall–Kier alpha value is -2.60. The van der Waals surface area contributed by atoms with Gasteiger partial charge in [0, 0.05) is 11.3 Å². The first-order valence-corrected chi connectivity index (χ1v) is 7.10. The van der Waals surface area contributed by atoms with Crippen LogP contribution in [-0.2, 0) is 0 Å². The van der Waals surface area contributed by atoms with Gasteiger partial charge in [-0.3, -0.25) is 15.6 Å². The third-order valence-electron chi connectivity index (χ3n) is 3.16. The zero-order valence-corrected chi connectivity index (χ0v) is 13.1. The molecule has 0 saturated heterocycles. The SMILES string of the molecule is Cc1ccc(NC(=S)NNC(=O)c2cccc(O)c2)cc1C. The summed E-state index contributed by atoms with van der Waals surface area (Å²) in [5.74, 6) is -0.358. The van der Waals surface area contributed by atoms with E-state index in [1.165, 1.54) is 17.7 Å². The summed E-state index contributed by atoms with van der Waals surface area (Å²) in [6.45, 7) is 4.05. The van der Waals surface area contributed by atoms with Crippen LogP contribution in [0, 0.1) is 13.8 Å². The molecule has 0 aromatic heterocycles. The Morgan fingerprint density at radius 2 is 1.82 bits per heavy atom. The highest BCUT2D eigenvalue weighted by Crippen LogP contribution is 2.14. The van der Waals surface area contributed by atoms with Gasteiger partial charge in [-0.15, -0.1) is 0 Å². The second kappa shape index (κ2) is 6.91. The quantitative estimate of drug-likeness (QED) is 0.506. The predicted molar refractivity (Wildman–Crippen MR) is 90.8 cm³/mol. The Labute approximate surface area is 134 Å². The third-order valence-corrected chi connectivity index (χ3v) is 3.37. The third kappa shape index (κ3) is 4.20. The van der Waals surface area contributed by atoms with Crippen molar-refractivity contribution in [2.75, 3.05) is 5.32 Å². The van der Waals surface area contributed by atoms with Crippen LogP contribution in [0.1, 0.15) is 21.5 Å². The summed E-state index contributed by atoms with van der Waals surface area (Å²) in [6.07, 6.45) is 0. The fraction of sp³-hybridized carbons (Fsp3) is 0.125. The zero-order valence-electron chi connectivity index (χ0n) is 12.3. The number of hydrogen-bond acceptors (Lipinski definition) is 3. The summed E-state index contributed by atoms with van der Waals surface area (Å²) >= 11 is 5.12. The van der Waals surface area contributed by atoms with Gasteiger partial charge in [-0.25, -0.2) is 0 Å².